The van der Waals surface area contributed by atoms with Crippen molar-refractivity contribution in [2.24, 2.45) is 0 Å². The Morgan fingerprint density at radius 1 is 1.35 bits per heavy atom. The second-order valence-electron chi connectivity index (χ2n) is 4.25. The van der Waals surface area contributed by atoms with Gasteiger partial charge < -0.3 is 9.88 Å². The van der Waals surface area contributed by atoms with E-state index in [1.165, 1.54) is 12.3 Å². The fraction of sp³-hybridized carbons (Fsp3) is 0.308. The zero-order chi connectivity index (χ0) is 14.4. The Hall–Kier alpha value is -1.59. The number of aryl methyl sites for hydroxylation is 1. The summed E-state index contributed by atoms with van der Waals surface area (Å²) in [5, 5.41) is 3.36. The number of rotatable bonds is 6. The van der Waals surface area contributed by atoms with Crippen molar-refractivity contribution in [3.8, 4) is 0 Å². The van der Waals surface area contributed by atoms with E-state index in [0.717, 1.165) is 19.4 Å². The molecule has 0 saturated carbocycles. The molecule has 20 heavy (non-hydrogen) atoms. The molecule has 0 unspecified atom stereocenters. The number of unbranched alkanes of at least 4 members (excludes halogenated alkanes) is 1. The second kappa shape index (κ2) is 7.26. The third-order valence-electron chi connectivity index (χ3n) is 2.75. The van der Waals surface area contributed by atoms with Crippen LogP contribution in [0.5, 0.6) is 0 Å². The average Bonchev–Trinajstić information content (AvgIpc) is 2.94. The lowest BCUT2D eigenvalue weighted by Crippen LogP contribution is -2.25. The highest BCUT2D eigenvalue weighted by Crippen LogP contribution is 2.17. The Morgan fingerprint density at radius 2 is 2.20 bits per heavy atom. The predicted molar refractivity (Wildman–Crippen MR) is 78.1 cm³/mol. The molecule has 0 aliphatic carbocycles. The fourth-order valence-corrected chi connectivity index (χ4v) is 2.07. The van der Waals surface area contributed by atoms with E-state index in [1.54, 1.807) is 12.5 Å². The number of pyridine rings is 1. The molecule has 0 bridgehead atoms. The van der Waals surface area contributed by atoms with Crippen LogP contribution in [0.1, 0.15) is 23.2 Å². The van der Waals surface area contributed by atoms with Gasteiger partial charge >= 0.3 is 0 Å². The minimum atomic E-state index is -0.234. The normalized spacial score (nSPS) is 10.5. The summed E-state index contributed by atoms with van der Waals surface area (Å²) in [4.78, 5) is 19.7. The molecule has 2 aromatic rings. The van der Waals surface area contributed by atoms with Gasteiger partial charge in [0, 0.05) is 31.7 Å². The number of carbonyl (C=O) groups excluding carboxylic acids is 1. The van der Waals surface area contributed by atoms with Crippen molar-refractivity contribution < 1.29 is 4.79 Å². The molecular formula is C13H14Cl2N4O. The second-order valence-corrected chi connectivity index (χ2v) is 5.04. The molecular weight excluding hydrogens is 299 g/mol. The summed E-state index contributed by atoms with van der Waals surface area (Å²) in [5.74, 6) is -0.234. The lowest BCUT2D eigenvalue weighted by molar-refractivity contribution is 0.0953. The van der Waals surface area contributed by atoms with E-state index in [9.17, 15) is 4.79 Å². The SMILES string of the molecule is O=C(NCCCCn1ccnc1)c1cc(Cl)ncc1Cl. The third kappa shape index (κ3) is 4.21. The summed E-state index contributed by atoms with van der Waals surface area (Å²) in [6.45, 7) is 1.47. The minimum absolute atomic E-state index is 0.234. The van der Waals surface area contributed by atoms with Crippen LogP contribution in [0.25, 0.3) is 0 Å². The van der Waals surface area contributed by atoms with Crippen molar-refractivity contribution in [1.82, 2.24) is 19.9 Å². The van der Waals surface area contributed by atoms with Gasteiger partial charge in [-0.05, 0) is 18.9 Å². The zero-order valence-corrected chi connectivity index (χ0v) is 12.2. The largest absolute Gasteiger partial charge is 0.352 e. The number of hydrogen-bond donors (Lipinski definition) is 1. The van der Waals surface area contributed by atoms with Crippen LogP contribution >= 0.6 is 23.2 Å². The number of amides is 1. The van der Waals surface area contributed by atoms with Gasteiger partial charge in [0.05, 0.1) is 16.9 Å². The molecule has 2 aromatic heterocycles. The highest BCUT2D eigenvalue weighted by atomic mass is 35.5. The van der Waals surface area contributed by atoms with Crippen LogP contribution in [-0.4, -0.2) is 27.0 Å². The van der Waals surface area contributed by atoms with E-state index in [4.69, 9.17) is 23.2 Å². The van der Waals surface area contributed by atoms with Gasteiger partial charge in [0.25, 0.3) is 5.91 Å². The summed E-state index contributed by atoms with van der Waals surface area (Å²) in [6, 6.07) is 1.46. The van der Waals surface area contributed by atoms with E-state index in [1.807, 2.05) is 10.8 Å². The topological polar surface area (TPSA) is 59.8 Å². The average molecular weight is 313 g/mol. The lowest BCUT2D eigenvalue weighted by Gasteiger charge is -2.07. The van der Waals surface area contributed by atoms with E-state index >= 15 is 0 Å². The Bertz CT molecular complexity index is 572. The van der Waals surface area contributed by atoms with Gasteiger partial charge in [-0.1, -0.05) is 23.2 Å². The monoisotopic (exact) mass is 312 g/mol. The lowest BCUT2D eigenvalue weighted by atomic mass is 10.2. The molecule has 0 spiro atoms. The van der Waals surface area contributed by atoms with Crippen molar-refractivity contribution in [3.05, 3.63) is 46.7 Å². The van der Waals surface area contributed by atoms with Crippen molar-refractivity contribution in [3.63, 3.8) is 0 Å². The zero-order valence-electron chi connectivity index (χ0n) is 10.7. The van der Waals surface area contributed by atoms with Gasteiger partial charge in [-0.15, -0.1) is 0 Å². The molecule has 0 radical (unpaired) electrons. The molecule has 1 N–H and O–H groups in total. The Kier molecular flexibility index (Phi) is 5.38. The smallest absolute Gasteiger partial charge is 0.252 e. The quantitative estimate of drug-likeness (QED) is 0.659. The predicted octanol–water partition coefficient (Wildman–Crippen LogP) is 2.80. The molecule has 0 aliphatic heterocycles. The van der Waals surface area contributed by atoms with Crippen LogP contribution in [0.15, 0.2) is 31.0 Å². The standard InChI is InChI=1S/C13H14Cl2N4O/c14-11-8-18-12(15)7-10(11)13(20)17-3-1-2-5-19-6-4-16-9-19/h4,6-9H,1-3,5H2,(H,17,20). The van der Waals surface area contributed by atoms with Gasteiger partial charge in [-0.3, -0.25) is 4.79 Å². The maximum Gasteiger partial charge on any atom is 0.252 e. The number of imidazole rings is 1. The summed E-state index contributed by atoms with van der Waals surface area (Å²) < 4.78 is 2.00. The van der Waals surface area contributed by atoms with Crippen LogP contribution in [0, 0.1) is 0 Å². The number of carbonyl (C=O) groups is 1. The summed E-state index contributed by atoms with van der Waals surface area (Å²) in [7, 11) is 0. The number of aromatic nitrogens is 3. The summed E-state index contributed by atoms with van der Waals surface area (Å²) >= 11 is 11.6. The molecule has 2 heterocycles. The number of halogens is 2. The third-order valence-corrected chi connectivity index (χ3v) is 3.26. The molecule has 0 saturated heterocycles. The van der Waals surface area contributed by atoms with Gasteiger partial charge in [0.15, 0.2) is 0 Å². The first kappa shape index (κ1) is 14.8. The number of nitrogens with zero attached hydrogens (tertiary/aromatic N) is 3. The van der Waals surface area contributed by atoms with Crippen LogP contribution in [0.2, 0.25) is 10.2 Å². The molecule has 0 fully saturated rings. The number of hydrogen-bond acceptors (Lipinski definition) is 3. The summed E-state index contributed by atoms with van der Waals surface area (Å²) in [5.41, 5.74) is 0.348. The fourth-order valence-electron chi connectivity index (χ4n) is 1.72. The van der Waals surface area contributed by atoms with E-state index in [0.29, 0.717) is 17.1 Å². The highest BCUT2D eigenvalue weighted by molar-refractivity contribution is 6.35. The van der Waals surface area contributed by atoms with Gasteiger partial charge in [0.1, 0.15) is 5.15 Å². The van der Waals surface area contributed by atoms with Crippen LogP contribution in [0.4, 0.5) is 0 Å². The van der Waals surface area contributed by atoms with Crippen LogP contribution in [-0.2, 0) is 6.54 Å². The molecule has 0 atom stereocenters. The van der Waals surface area contributed by atoms with Gasteiger partial charge in [0.2, 0.25) is 0 Å². The minimum Gasteiger partial charge on any atom is -0.352 e. The first-order valence-corrected chi connectivity index (χ1v) is 6.97. The maximum absolute atomic E-state index is 11.9. The number of nitrogens with one attached hydrogen (secondary N) is 1. The van der Waals surface area contributed by atoms with E-state index < -0.39 is 0 Å². The Labute approximate surface area is 126 Å². The maximum atomic E-state index is 11.9. The van der Waals surface area contributed by atoms with Crippen molar-refractivity contribution >= 4 is 29.1 Å². The van der Waals surface area contributed by atoms with Crippen molar-refractivity contribution in [1.29, 1.82) is 0 Å². The van der Waals surface area contributed by atoms with Crippen molar-refractivity contribution in [2.45, 2.75) is 19.4 Å². The molecule has 0 aliphatic rings. The molecule has 7 heteroatoms. The van der Waals surface area contributed by atoms with Crippen molar-refractivity contribution in [2.75, 3.05) is 6.54 Å². The highest BCUT2D eigenvalue weighted by Gasteiger charge is 2.10. The first-order valence-electron chi connectivity index (χ1n) is 6.22. The molecule has 0 aromatic carbocycles. The van der Waals surface area contributed by atoms with E-state index in [2.05, 4.69) is 15.3 Å². The molecule has 5 nitrogen and oxygen atoms in total. The molecule has 2 rings (SSSR count). The van der Waals surface area contributed by atoms with Gasteiger partial charge in [-0.25, -0.2) is 9.97 Å². The Morgan fingerprint density at radius 3 is 2.95 bits per heavy atom. The molecule has 1 amide bonds. The Balaban J connectivity index is 1.73. The van der Waals surface area contributed by atoms with E-state index in [-0.39, 0.29) is 11.1 Å². The van der Waals surface area contributed by atoms with Crippen LogP contribution < -0.4 is 5.32 Å². The van der Waals surface area contributed by atoms with Gasteiger partial charge in [-0.2, -0.15) is 0 Å². The first-order chi connectivity index (χ1) is 9.66. The van der Waals surface area contributed by atoms with Crippen LogP contribution in [0.3, 0.4) is 0 Å². The molecule has 106 valence electrons. The summed E-state index contributed by atoms with van der Waals surface area (Å²) in [6.07, 6.45) is 8.64.